The molecule has 0 fully saturated rings. The Morgan fingerprint density at radius 1 is 0.944 bits per heavy atom. The summed E-state index contributed by atoms with van der Waals surface area (Å²) < 4.78 is 0. The Hall–Kier alpha value is -0.860. The summed E-state index contributed by atoms with van der Waals surface area (Å²) in [6.07, 6.45) is 5.83. The summed E-state index contributed by atoms with van der Waals surface area (Å²) in [6.45, 7) is 2.18. The molecule has 0 aliphatic heterocycles. The van der Waals surface area contributed by atoms with Crippen LogP contribution < -0.4 is 0 Å². The van der Waals surface area contributed by atoms with Crippen molar-refractivity contribution in [1.82, 2.24) is 0 Å². The molecule has 0 spiro atoms. The molecular weight excluding hydrogens is 224 g/mol. The predicted octanol–water partition coefficient (Wildman–Crippen LogP) is 3.31. The summed E-state index contributed by atoms with van der Waals surface area (Å²) in [6, 6.07) is 9.94. The van der Waals surface area contributed by atoms with E-state index in [2.05, 4.69) is 6.92 Å². The van der Waals surface area contributed by atoms with Crippen LogP contribution in [0, 0.1) is 0 Å². The Morgan fingerprint density at radius 3 is 2.33 bits per heavy atom. The van der Waals surface area contributed by atoms with Gasteiger partial charge < -0.3 is 10.2 Å². The van der Waals surface area contributed by atoms with Gasteiger partial charge in [0.25, 0.3) is 0 Å². The topological polar surface area (TPSA) is 40.5 Å². The maximum Gasteiger partial charge on any atom is 0.0605 e. The van der Waals surface area contributed by atoms with Crippen molar-refractivity contribution in [1.29, 1.82) is 0 Å². The molecule has 2 nitrogen and oxygen atoms in total. The molecule has 0 bridgehead atoms. The van der Waals surface area contributed by atoms with Crippen LogP contribution in [0.1, 0.15) is 51.0 Å². The highest BCUT2D eigenvalue weighted by Crippen LogP contribution is 2.12. The maximum atomic E-state index is 9.92. The Bertz CT molecular complexity index is 297. The standard InChI is InChI=1S/C16H26O2/c1-2-3-4-8-11-15(17)13-16(18)12-14-9-6-5-7-10-14/h5-7,9-10,15-18H,2-4,8,11-13H2,1H3. The lowest BCUT2D eigenvalue weighted by molar-refractivity contribution is 0.0743. The number of aliphatic hydroxyl groups excluding tert-OH is 2. The number of unbranched alkanes of at least 4 members (excludes halogenated alkanes) is 3. The minimum atomic E-state index is -0.437. The largest absolute Gasteiger partial charge is 0.393 e. The van der Waals surface area contributed by atoms with E-state index in [1.807, 2.05) is 30.3 Å². The van der Waals surface area contributed by atoms with E-state index in [1.54, 1.807) is 0 Å². The molecule has 0 aliphatic rings. The summed E-state index contributed by atoms with van der Waals surface area (Å²) in [4.78, 5) is 0. The third-order valence-corrected chi connectivity index (χ3v) is 3.25. The molecule has 1 aromatic carbocycles. The van der Waals surface area contributed by atoms with E-state index in [9.17, 15) is 10.2 Å². The Kier molecular flexibility index (Phi) is 7.70. The average Bonchev–Trinajstić information content (AvgIpc) is 2.35. The summed E-state index contributed by atoms with van der Waals surface area (Å²) in [7, 11) is 0. The zero-order valence-electron chi connectivity index (χ0n) is 11.4. The third kappa shape index (κ3) is 6.77. The van der Waals surface area contributed by atoms with Crippen molar-refractivity contribution in [2.75, 3.05) is 0 Å². The molecule has 18 heavy (non-hydrogen) atoms. The summed E-state index contributed by atoms with van der Waals surface area (Å²) in [5.74, 6) is 0. The van der Waals surface area contributed by atoms with Gasteiger partial charge in [0, 0.05) is 0 Å². The zero-order valence-corrected chi connectivity index (χ0v) is 11.4. The molecule has 0 amide bonds. The van der Waals surface area contributed by atoms with Crippen LogP contribution in [0.25, 0.3) is 0 Å². The first kappa shape index (κ1) is 15.2. The van der Waals surface area contributed by atoms with Gasteiger partial charge in [-0.05, 0) is 24.8 Å². The number of benzene rings is 1. The number of aliphatic hydroxyl groups is 2. The van der Waals surface area contributed by atoms with Crippen LogP contribution in [0.5, 0.6) is 0 Å². The quantitative estimate of drug-likeness (QED) is 0.660. The van der Waals surface area contributed by atoms with Gasteiger partial charge in [-0.3, -0.25) is 0 Å². The second kappa shape index (κ2) is 9.12. The molecule has 0 radical (unpaired) electrons. The maximum absolute atomic E-state index is 9.92. The molecule has 0 aliphatic carbocycles. The van der Waals surface area contributed by atoms with Crippen molar-refractivity contribution in [3.05, 3.63) is 35.9 Å². The van der Waals surface area contributed by atoms with Gasteiger partial charge in [-0.1, -0.05) is 62.9 Å². The molecule has 0 aromatic heterocycles. The van der Waals surface area contributed by atoms with Gasteiger partial charge in [0.15, 0.2) is 0 Å². The first-order valence-corrected chi connectivity index (χ1v) is 7.12. The van der Waals surface area contributed by atoms with Crippen LogP contribution in [0.3, 0.4) is 0 Å². The lowest BCUT2D eigenvalue weighted by Gasteiger charge is -2.15. The zero-order chi connectivity index (χ0) is 13.2. The SMILES string of the molecule is CCCCCCC(O)CC(O)Cc1ccccc1. The van der Waals surface area contributed by atoms with E-state index in [0.717, 1.165) is 18.4 Å². The van der Waals surface area contributed by atoms with Gasteiger partial charge in [0.2, 0.25) is 0 Å². The van der Waals surface area contributed by atoms with Crippen LogP contribution in [0.4, 0.5) is 0 Å². The van der Waals surface area contributed by atoms with Gasteiger partial charge in [-0.15, -0.1) is 0 Å². The molecule has 102 valence electrons. The molecule has 2 unspecified atom stereocenters. The fraction of sp³-hybridized carbons (Fsp3) is 0.625. The Labute approximate surface area is 111 Å². The van der Waals surface area contributed by atoms with Gasteiger partial charge in [0.1, 0.15) is 0 Å². The molecule has 2 N–H and O–H groups in total. The van der Waals surface area contributed by atoms with Crippen LogP contribution >= 0.6 is 0 Å². The molecular formula is C16H26O2. The fourth-order valence-electron chi connectivity index (χ4n) is 2.21. The predicted molar refractivity (Wildman–Crippen MR) is 75.5 cm³/mol. The van der Waals surface area contributed by atoms with E-state index in [4.69, 9.17) is 0 Å². The van der Waals surface area contributed by atoms with Crippen LogP contribution in [-0.4, -0.2) is 22.4 Å². The molecule has 1 aromatic rings. The summed E-state index contributed by atoms with van der Waals surface area (Å²) >= 11 is 0. The van der Waals surface area contributed by atoms with Crippen molar-refractivity contribution in [3.8, 4) is 0 Å². The summed E-state index contributed by atoms with van der Waals surface area (Å²) in [5, 5.41) is 19.8. The van der Waals surface area contributed by atoms with Crippen molar-refractivity contribution in [3.63, 3.8) is 0 Å². The highest BCUT2D eigenvalue weighted by atomic mass is 16.3. The second-order valence-electron chi connectivity index (χ2n) is 5.08. The number of hydrogen-bond donors (Lipinski definition) is 2. The first-order valence-electron chi connectivity index (χ1n) is 7.12. The van der Waals surface area contributed by atoms with Crippen LogP contribution in [-0.2, 0) is 6.42 Å². The second-order valence-corrected chi connectivity index (χ2v) is 5.08. The molecule has 0 saturated heterocycles. The summed E-state index contributed by atoms with van der Waals surface area (Å²) in [5.41, 5.74) is 1.13. The van der Waals surface area contributed by atoms with Gasteiger partial charge in [-0.25, -0.2) is 0 Å². The molecule has 2 atom stereocenters. The van der Waals surface area contributed by atoms with E-state index in [-0.39, 0.29) is 6.10 Å². The average molecular weight is 250 g/mol. The molecule has 1 rings (SSSR count). The normalized spacial score (nSPS) is 14.4. The lowest BCUT2D eigenvalue weighted by Crippen LogP contribution is -2.19. The molecule has 2 heteroatoms. The van der Waals surface area contributed by atoms with Crippen molar-refractivity contribution in [2.24, 2.45) is 0 Å². The van der Waals surface area contributed by atoms with Gasteiger partial charge in [-0.2, -0.15) is 0 Å². The highest BCUT2D eigenvalue weighted by Gasteiger charge is 2.12. The molecule has 0 saturated carbocycles. The van der Waals surface area contributed by atoms with E-state index in [0.29, 0.717) is 12.8 Å². The first-order chi connectivity index (χ1) is 8.72. The highest BCUT2D eigenvalue weighted by molar-refractivity contribution is 5.15. The smallest absolute Gasteiger partial charge is 0.0605 e. The Morgan fingerprint density at radius 2 is 1.67 bits per heavy atom. The van der Waals surface area contributed by atoms with E-state index in [1.165, 1.54) is 19.3 Å². The van der Waals surface area contributed by atoms with Gasteiger partial charge in [0.05, 0.1) is 12.2 Å². The van der Waals surface area contributed by atoms with E-state index >= 15 is 0 Å². The minimum absolute atomic E-state index is 0.361. The number of hydrogen-bond acceptors (Lipinski definition) is 2. The van der Waals surface area contributed by atoms with Crippen molar-refractivity contribution in [2.45, 2.75) is 64.1 Å². The number of rotatable bonds is 9. The van der Waals surface area contributed by atoms with Crippen molar-refractivity contribution >= 4 is 0 Å². The Balaban J connectivity index is 2.17. The molecule has 0 heterocycles. The van der Waals surface area contributed by atoms with E-state index < -0.39 is 6.10 Å². The fourth-order valence-corrected chi connectivity index (χ4v) is 2.21. The van der Waals surface area contributed by atoms with Crippen LogP contribution in [0.15, 0.2) is 30.3 Å². The lowest BCUT2D eigenvalue weighted by atomic mass is 10.00. The minimum Gasteiger partial charge on any atom is -0.393 e. The van der Waals surface area contributed by atoms with Gasteiger partial charge >= 0.3 is 0 Å². The third-order valence-electron chi connectivity index (χ3n) is 3.25. The van der Waals surface area contributed by atoms with Crippen LogP contribution in [0.2, 0.25) is 0 Å². The monoisotopic (exact) mass is 250 g/mol. The van der Waals surface area contributed by atoms with Crippen molar-refractivity contribution < 1.29 is 10.2 Å².